The van der Waals surface area contributed by atoms with Crippen molar-refractivity contribution in [3.63, 3.8) is 0 Å². The summed E-state index contributed by atoms with van der Waals surface area (Å²) in [5, 5.41) is 1.86. The van der Waals surface area contributed by atoms with Crippen molar-refractivity contribution in [2.75, 3.05) is 26.7 Å². The summed E-state index contributed by atoms with van der Waals surface area (Å²) in [7, 11) is -1.37. The van der Waals surface area contributed by atoms with Crippen LogP contribution in [0.4, 0.5) is 0 Å². The molecule has 0 unspecified atom stereocenters. The number of hydrogen-bond acceptors (Lipinski definition) is 5. The molecule has 0 aromatic carbocycles. The molecule has 1 aromatic rings. The van der Waals surface area contributed by atoms with Gasteiger partial charge in [0, 0.05) is 18.0 Å². The molecule has 1 saturated heterocycles. The maximum Gasteiger partial charge on any atom is 0.242 e. The first-order chi connectivity index (χ1) is 9.77. The van der Waals surface area contributed by atoms with Crippen LogP contribution in [-0.2, 0) is 16.6 Å². The lowest BCUT2D eigenvalue weighted by Crippen LogP contribution is -2.43. The zero-order valence-electron chi connectivity index (χ0n) is 13.0. The highest BCUT2D eigenvalue weighted by Gasteiger charge is 2.31. The number of nitrogens with zero attached hydrogens (tertiary/aromatic N) is 1. The maximum absolute atomic E-state index is 12.6. The van der Waals surface area contributed by atoms with E-state index < -0.39 is 10.0 Å². The van der Waals surface area contributed by atoms with Crippen molar-refractivity contribution in [3.8, 4) is 0 Å². The summed E-state index contributed by atoms with van der Waals surface area (Å²) in [6, 6.07) is 0. The van der Waals surface area contributed by atoms with E-state index in [4.69, 9.17) is 5.73 Å². The normalized spacial score (nSPS) is 19.8. The molecule has 1 fully saturated rings. The Morgan fingerprint density at radius 3 is 2.62 bits per heavy atom. The number of thiophene rings is 1. The van der Waals surface area contributed by atoms with E-state index in [2.05, 4.69) is 23.6 Å². The molecule has 3 N–H and O–H groups in total. The SMILES string of the molecule is Cc1csc(CN)c1S(=O)(=O)NCC1(C)CCN(C)CC1. The zero-order valence-corrected chi connectivity index (χ0v) is 14.6. The molecule has 2 rings (SSSR count). The number of sulfonamides is 1. The van der Waals surface area contributed by atoms with Crippen LogP contribution in [0.15, 0.2) is 10.3 Å². The molecule has 1 aliphatic rings. The second kappa shape index (κ2) is 6.34. The van der Waals surface area contributed by atoms with Crippen LogP contribution in [0, 0.1) is 12.3 Å². The van der Waals surface area contributed by atoms with Crippen molar-refractivity contribution in [2.45, 2.75) is 38.1 Å². The number of rotatable bonds is 5. The van der Waals surface area contributed by atoms with Crippen molar-refractivity contribution in [1.29, 1.82) is 0 Å². The molecule has 0 aliphatic carbocycles. The Labute approximate surface area is 131 Å². The van der Waals surface area contributed by atoms with Gasteiger partial charge >= 0.3 is 0 Å². The molecule has 1 aliphatic heterocycles. The molecule has 0 bridgehead atoms. The van der Waals surface area contributed by atoms with E-state index >= 15 is 0 Å². The molecule has 5 nitrogen and oxygen atoms in total. The average Bonchev–Trinajstić information content (AvgIpc) is 2.82. The molecule has 0 radical (unpaired) electrons. The highest BCUT2D eigenvalue weighted by atomic mass is 32.2. The summed E-state index contributed by atoms with van der Waals surface area (Å²) in [4.78, 5) is 3.39. The second-order valence-electron chi connectivity index (χ2n) is 6.31. The first-order valence-electron chi connectivity index (χ1n) is 7.23. The van der Waals surface area contributed by atoms with Gasteiger partial charge in [0.15, 0.2) is 0 Å². The first-order valence-corrected chi connectivity index (χ1v) is 9.59. The smallest absolute Gasteiger partial charge is 0.242 e. The van der Waals surface area contributed by atoms with E-state index in [1.165, 1.54) is 11.3 Å². The van der Waals surface area contributed by atoms with E-state index in [0.29, 0.717) is 11.4 Å². The molecular weight excluding hydrogens is 306 g/mol. The summed E-state index contributed by atoms with van der Waals surface area (Å²) in [6.07, 6.45) is 2.02. The predicted octanol–water partition coefficient (Wildman–Crippen LogP) is 1.53. The third kappa shape index (κ3) is 3.84. The summed E-state index contributed by atoms with van der Waals surface area (Å²) in [5.74, 6) is 0. The van der Waals surface area contributed by atoms with E-state index in [-0.39, 0.29) is 12.0 Å². The van der Waals surface area contributed by atoms with Gasteiger partial charge in [-0.1, -0.05) is 6.92 Å². The highest BCUT2D eigenvalue weighted by Crippen LogP contribution is 2.31. The fourth-order valence-electron chi connectivity index (χ4n) is 2.67. The van der Waals surface area contributed by atoms with Gasteiger partial charge in [0.2, 0.25) is 10.0 Å². The number of hydrogen-bond donors (Lipinski definition) is 2. The second-order valence-corrected chi connectivity index (χ2v) is 8.98. The lowest BCUT2D eigenvalue weighted by atomic mass is 9.81. The molecule has 0 amide bonds. The fraction of sp³-hybridized carbons (Fsp3) is 0.714. The van der Waals surface area contributed by atoms with Gasteiger partial charge in [-0.2, -0.15) is 0 Å². The Balaban J connectivity index is 2.10. The van der Waals surface area contributed by atoms with Crippen molar-refractivity contribution in [2.24, 2.45) is 11.1 Å². The van der Waals surface area contributed by atoms with Crippen LogP contribution in [0.3, 0.4) is 0 Å². The number of nitrogens with two attached hydrogens (primary N) is 1. The molecule has 1 aromatic heterocycles. The number of piperidine rings is 1. The minimum absolute atomic E-state index is 0.0341. The van der Waals surface area contributed by atoms with Gasteiger partial charge in [0.25, 0.3) is 0 Å². The summed E-state index contributed by atoms with van der Waals surface area (Å²) in [6.45, 7) is 6.77. The molecular formula is C14H25N3O2S2. The predicted molar refractivity (Wildman–Crippen MR) is 87.0 cm³/mol. The van der Waals surface area contributed by atoms with E-state index in [1.54, 1.807) is 0 Å². The van der Waals surface area contributed by atoms with Gasteiger partial charge < -0.3 is 10.6 Å². The van der Waals surface area contributed by atoms with Gasteiger partial charge in [0.05, 0.1) is 0 Å². The van der Waals surface area contributed by atoms with Gasteiger partial charge in [-0.05, 0) is 56.3 Å². The standard InChI is InChI=1S/C14H25N3O2S2/c1-11-9-20-12(8-15)13(11)21(18,19)16-10-14(2)4-6-17(3)7-5-14/h9,16H,4-8,10,15H2,1-3H3. The zero-order chi connectivity index (χ0) is 15.7. The quantitative estimate of drug-likeness (QED) is 0.858. The van der Waals surface area contributed by atoms with E-state index in [1.807, 2.05) is 12.3 Å². The molecule has 0 saturated carbocycles. The Morgan fingerprint density at radius 1 is 1.43 bits per heavy atom. The number of nitrogens with one attached hydrogen (secondary N) is 1. The molecule has 0 atom stereocenters. The molecule has 120 valence electrons. The Morgan fingerprint density at radius 2 is 2.05 bits per heavy atom. The molecule has 0 spiro atoms. The minimum atomic E-state index is -3.47. The largest absolute Gasteiger partial charge is 0.326 e. The van der Waals surface area contributed by atoms with E-state index in [9.17, 15) is 8.42 Å². The van der Waals surface area contributed by atoms with Crippen molar-refractivity contribution >= 4 is 21.4 Å². The van der Waals surface area contributed by atoms with Crippen molar-refractivity contribution in [3.05, 3.63) is 15.8 Å². The van der Waals surface area contributed by atoms with Crippen LogP contribution in [0.1, 0.15) is 30.2 Å². The van der Waals surface area contributed by atoms with Gasteiger partial charge in [-0.3, -0.25) is 0 Å². The minimum Gasteiger partial charge on any atom is -0.326 e. The van der Waals surface area contributed by atoms with Crippen molar-refractivity contribution < 1.29 is 8.42 Å². The van der Waals surface area contributed by atoms with Crippen LogP contribution in [0.2, 0.25) is 0 Å². The third-order valence-electron chi connectivity index (χ3n) is 4.33. The van der Waals surface area contributed by atoms with Crippen LogP contribution >= 0.6 is 11.3 Å². The fourth-order valence-corrected chi connectivity index (χ4v) is 5.56. The van der Waals surface area contributed by atoms with Crippen LogP contribution in [-0.4, -0.2) is 40.0 Å². The van der Waals surface area contributed by atoms with E-state index in [0.717, 1.165) is 36.4 Å². The summed E-state index contributed by atoms with van der Waals surface area (Å²) in [5.41, 5.74) is 6.47. The maximum atomic E-state index is 12.6. The monoisotopic (exact) mass is 331 g/mol. The van der Waals surface area contributed by atoms with Crippen LogP contribution in [0.5, 0.6) is 0 Å². The average molecular weight is 332 g/mol. The lowest BCUT2D eigenvalue weighted by molar-refractivity contribution is 0.143. The number of aryl methyl sites for hydroxylation is 1. The third-order valence-corrected chi connectivity index (χ3v) is 7.21. The summed E-state index contributed by atoms with van der Waals surface area (Å²) < 4.78 is 28.0. The molecule has 21 heavy (non-hydrogen) atoms. The van der Waals surface area contributed by atoms with Crippen LogP contribution < -0.4 is 10.5 Å². The van der Waals surface area contributed by atoms with Crippen LogP contribution in [0.25, 0.3) is 0 Å². The molecule has 2 heterocycles. The van der Waals surface area contributed by atoms with Gasteiger partial charge in [-0.25, -0.2) is 13.1 Å². The summed E-state index contributed by atoms with van der Waals surface area (Å²) >= 11 is 1.41. The molecule has 7 heteroatoms. The Hall–Kier alpha value is -0.470. The lowest BCUT2D eigenvalue weighted by Gasteiger charge is -2.37. The first kappa shape index (κ1) is 16.9. The van der Waals surface area contributed by atoms with Gasteiger partial charge in [-0.15, -0.1) is 11.3 Å². The number of likely N-dealkylation sites (tertiary alicyclic amines) is 1. The van der Waals surface area contributed by atoms with Crippen molar-refractivity contribution in [1.82, 2.24) is 9.62 Å². The highest BCUT2D eigenvalue weighted by molar-refractivity contribution is 7.89. The Kier molecular flexibility index (Phi) is 5.10. The topological polar surface area (TPSA) is 75.4 Å². The Bertz CT molecular complexity index is 587. The van der Waals surface area contributed by atoms with Gasteiger partial charge in [0.1, 0.15) is 4.90 Å².